The van der Waals surface area contributed by atoms with Gasteiger partial charge < -0.3 is 80.0 Å². The van der Waals surface area contributed by atoms with Gasteiger partial charge in [-0.25, -0.2) is 28.8 Å². The fraction of sp³-hybridized carbons (Fsp3) is 0.479. The van der Waals surface area contributed by atoms with Gasteiger partial charge in [-0.2, -0.15) is 0 Å². The Bertz CT molecular complexity index is 6360. The average Bonchev–Trinajstić information content (AvgIpc) is 1.60. The van der Waals surface area contributed by atoms with Crippen LogP contribution in [0.25, 0.3) is 22.3 Å². The molecule has 749 valence electrons. The van der Waals surface area contributed by atoms with Crippen molar-refractivity contribution in [2.45, 2.75) is 174 Å². The van der Waals surface area contributed by atoms with Crippen molar-refractivity contribution in [2.24, 2.45) is 18.5 Å². The van der Waals surface area contributed by atoms with E-state index in [0.717, 1.165) is 87.5 Å². The van der Waals surface area contributed by atoms with Gasteiger partial charge in [0.05, 0.1) is 36.7 Å². The van der Waals surface area contributed by atoms with Crippen molar-refractivity contribution >= 4 is 104 Å². The summed E-state index contributed by atoms with van der Waals surface area (Å²) in [5.41, 5.74) is 13.7. The standard InChI is InChI=1S/C48H50N3O11P.C16H26N3O6P.C15H24N3O6P.C15H25N3O4PSe/c1-50-25-36(43-42(53)41(52)40(61-43)22-24-63(2,3)4)44(54)51(47(50)57)23-21-39(49-46(56)59-26-37-32-17-9-5-13-28(32)29-14-6-10-18-33(29)37)45(55)62-48(58)60-27-38-34-19-11-7-15-30(34)31-16-8-12-20-35(31)38;1-24-13-12(21)10(5-6-26(2,3)4)25-15(13)19-8-9(7-11(17)20)14(22)18-16(19)23;1-25(2,3)5-4-9-11(20)12(21)14(24-9)18-7-8(6-10(16)19)13(22)17-15(18)23;1-16-7-9-8-18(15(24)17-13(9)21)14-12(20)11(19)10(22-14)5-6-23(2,3)4/h5-20,25,37-43,52-53H,2,21-24,26-27H2,1,3-4H3,(H,49,56);8,10,12-13,15,21H,2,5-7H2,1,3-4H3,(H2,17,20)(H,18,22,23);7,9,11-12,14,20-21H,1,4-6H2,2-3H3,(H2,16,19)(H,17,22,23);8,10-12,14,16,19-20H,2,5-7H2,1,3-4H3/t39?,40-,41-,42-,43?;10-,12-,13-,15-;9-,11-,12-,14-;10-,11-,12-,14-/m1111/s1. The summed E-state index contributed by atoms with van der Waals surface area (Å²) in [7, 11) is 4.55. The van der Waals surface area contributed by atoms with Crippen LogP contribution in [-0.2, 0) is 85.3 Å². The first-order chi connectivity index (χ1) is 64.9. The number of nitrogens with two attached hydrogens (primary N) is 2. The second-order valence-corrected chi connectivity index (χ2v) is 55.9. The first kappa shape index (κ1) is 109. The van der Waals surface area contributed by atoms with Gasteiger partial charge in [0.15, 0.2) is 12.5 Å². The Hall–Kier alpha value is -9.85. The Morgan fingerprint density at radius 1 is 0.514 bits per heavy atom. The van der Waals surface area contributed by atoms with Crippen LogP contribution in [-0.4, -0.2) is 329 Å². The molecular formula is C94H125N12O27P4Se. The maximum atomic E-state index is 14.0. The van der Waals surface area contributed by atoms with Gasteiger partial charge in [0.2, 0.25) is 11.8 Å². The maximum absolute atomic E-state index is 14.0. The summed E-state index contributed by atoms with van der Waals surface area (Å²) in [6.07, 6.45) is 8.05. The average molecular weight is 2060 g/mol. The van der Waals surface area contributed by atoms with Crippen molar-refractivity contribution in [3.63, 3.8) is 0 Å². The number of H-pyrrole nitrogens is 2. The fourth-order valence-corrected chi connectivity index (χ4v) is 21.6. The molecule has 14 rings (SSSR count). The number of benzene rings is 4. The number of alkyl carbamates (subject to hydrolysis) is 1. The quantitative estimate of drug-likeness (QED) is 0.0122. The Morgan fingerprint density at radius 2 is 0.899 bits per heavy atom. The zero-order valence-electron chi connectivity index (χ0n) is 78.8. The van der Waals surface area contributed by atoms with Crippen LogP contribution in [0, 0.1) is 0 Å². The Balaban J connectivity index is 0.000000200. The normalized spacial score (nSPS) is 23.4. The number of aromatic amines is 2. The van der Waals surface area contributed by atoms with Crippen LogP contribution in [0.4, 0.5) is 9.59 Å². The number of primary amides is 2. The van der Waals surface area contributed by atoms with E-state index in [1.807, 2.05) is 124 Å². The van der Waals surface area contributed by atoms with Gasteiger partial charge in [0.25, 0.3) is 16.7 Å². The molecule has 138 heavy (non-hydrogen) atoms. The Morgan fingerprint density at radius 3 is 1.32 bits per heavy atom. The van der Waals surface area contributed by atoms with E-state index in [-0.39, 0.29) is 60.1 Å². The van der Waals surface area contributed by atoms with Crippen molar-refractivity contribution in [1.82, 2.24) is 48.4 Å². The number of nitrogens with one attached hydrogen (secondary N) is 4. The second kappa shape index (κ2) is 46.3. The molecule has 0 saturated carbocycles. The van der Waals surface area contributed by atoms with Gasteiger partial charge in [-0.3, -0.25) is 47.6 Å². The number of hydrogen-bond donors (Lipinski definition) is 13. The predicted octanol–water partition coefficient (Wildman–Crippen LogP) is 1.29. The molecule has 0 bridgehead atoms. The molecule has 2 aliphatic carbocycles. The molecule has 4 fully saturated rings. The monoisotopic (exact) mass is 2060 g/mol. The number of rotatable bonds is 32. The van der Waals surface area contributed by atoms with E-state index >= 15 is 0 Å². The molecule has 4 aliphatic heterocycles. The van der Waals surface area contributed by atoms with Gasteiger partial charge in [-0.05, 0) is 129 Å². The molecule has 8 heterocycles. The Kier molecular flexibility index (Phi) is 36.4. The third-order valence-electron chi connectivity index (χ3n) is 24.4. The number of nitrogens with zero attached hydrogens (tertiary/aromatic N) is 6. The molecule has 4 saturated heterocycles. The van der Waals surface area contributed by atoms with Crippen LogP contribution < -0.4 is 66.1 Å². The number of aryl methyl sites for hydroxylation is 1. The van der Waals surface area contributed by atoms with Crippen molar-refractivity contribution in [3.8, 4) is 22.3 Å². The second-order valence-electron chi connectivity index (χ2n) is 37.9. The van der Waals surface area contributed by atoms with Gasteiger partial charge in [-0.15, -0.1) is 39.6 Å². The van der Waals surface area contributed by atoms with E-state index in [0.29, 0.717) is 48.7 Å². The van der Waals surface area contributed by atoms with Crippen molar-refractivity contribution in [1.29, 1.82) is 0 Å². The summed E-state index contributed by atoms with van der Waals surface area (Å²) in [5.74, 6) is -3.25. The molecule has 3 amide bonds. The number of fused-ring (bicyclic) bond motifs is 6. The van der Waals surface area contributed by atoms with Crippen LogP contribution >= 0.6 is 27.5 Å². The van der Waals surface area contributed by atoms with E-state index in [1.165, 1.54) is 26.6 Å². The first-order valence-corrected chi connectivity index (χ1v) is 57.7. The Labute approximate surface area is 804 Å². The summed E-state index contributed by atoms with van der Waals surface area (Å²) in [5, 5.41) is 78.9. The number of methoxy groups -OCH3 is 1. The van der Waals surface area contributed by atoms with E-state index in [2.05, 4.69) is 93.5 Å². The molecule has 2 unspecified atom stereocenters. The molecule has 1 radical (unpaired) electrons. The van der Waals surface area contributed by atoms with E-state index in [4.69, 9.17) is 49.4 Å². The zero-order valence-corrected chi connectivity index (χ0v) is 84.1. The van der Waals surface area contributed by atoms with Gasteiger partial charge in [0.1, 0.15) is 62.0 Å². The topological polar surface area (TPSA) is 566 Å². The predicted molar refractivity (Wildman–Crippen MR) is 532 cm³/mol. The van der Waals surface area contributed by atoms with Crippen LogP contribution in [0.15, 0.2) is 155 Å². The van der Waals surface area contributed by atoms with Crippen LogP contribution in [0.2, 0.25) is 0 Å². The fourth-order valence-electron chi connectivity index (χ4n) is 17.2. The SMILES string of the molecule is C=P(C)(C)CC[C@H]1OC(c2cn(C)c(=O)n(CCC(NC(=O)OCC3c4ccccc4-c4ccccc43)C(=O)OC(=O)OCC3c4ccccc4-c4ccccc43)c2=O)[C@H](O)[C@@H]1O.C=P(C)(C)CC[C@H]1O[C@@H](n2cc(CC(N)=O)c(=O)[nH]c2=O)[C@H](O)[C@@H]1O.C=P(C)(C)CC[C@H]1O[C@@H](n2cc(CC(N)=O)c(=O)[nH]c2=O)[C@H](OC)[C@@H]1O.C=P(C)(C)CC[C@H]1O[C@@H](n2cc(CNC)c(=O)nc2[Se])[C@H](O)[C@@H]1O. The third kappa shape index (κ3) is 27.1. The van der Waals surface area contributed by atoms with Crippen molar-refractivity contribution in [2.75, 3.05) is 105 Å². The van der Waals surface area contributed by atoms with Crippen LogP contribution in [0.5, 0.6) is 0 Å². The molecule has 0 spiro atoms. The summed E-state index contributed by atoms with van der Waals surface area (Å²) >= 11 is 2.72. The molecular weight excluding hydrogens is 1930 g/mol. The number of carbonyl (C=O) groups excluding carboxylic acids is 5. The molecule has 17 atom stereocenters. The molecule has 39 nitrogen and oxygen atoms in total. The van der Waals surface area contributed by atoms with Crippen LogP contribution in [0.3, 0.4) is 0 Å². The number of aliphatic hydroxyl groups excluding tert-OH is 7. The molecule has 8 aromatic rings. The van der Waals surface area contributed by atoms with Gasteiger partial charge >= 0.3 is 185 Å². The van der Waals surface area contributed by atoms with Gasteiger partial charge in [-0.1, -0.05) is 97.1 Å². The molecule has 4 aromatic heterocycles. The number of carbonyl (C=O) groups is 5. The summed E-state index contributed by atoms with van der Waals surface area (Å²) < 4.78 is 51.1. The number of amides is 3. The molecule has 6 aliphatic rings. The molecule has 4 aromatic carbocycles. The first-order valence-electron chi connectivity index (χ1n) is 44.6. The number of ether oxygens (including phenoxy) is 8. The number of aliphatic hydroxyl groups is 7. The van der Waals surface area contributed by atoms with Gasteiger partial charge in [0, 0.05) is 62.3 Å². The summed E-state index contributed by atoms with van der Waals surface area (Å²) in [4.78, 5) is 158. The van der Waals surface area contributed by atoms with Crippen LogP contribution in [0.1, 0.15) is 113 Å². The minimum atomic E-state index is -1.60. The van der Waals surface area contributed by atoms with E-state index in [9.17, 15) is 93.3 Å². The van der Waals surface area contributed by atoms with Crippen molar-refractivity contribution < 1.29 is 97.6 Å². The summed E-state index contributed by atoms with van der Waals surface area (Å²) in [6, 6.07) is 29.5. The summed E-state index contributed by atoms with van der Waals surface area (Å²) in [6.45, 7) is 10.9. The third-order valence-corrected chi connectivity index (χ3v) is 30.9. The number of hydrogen-bond acceptors (Lipinski definition) is 29. The number of aromatic nitrogens is 8. The zero-order chi connectivity index (χ0) is 101. The number of esters is 1. The molecule has 44 heteroatoms. The molecule has 15 N–H and O–H groups in total. The van der Waals surface area contributed by atoms with E-state index < -0.39 is 208 Å². The minimum absolute atomic E-state index is 0.0225. The van der Waals surface area contributed by atoms with E-state index in [1.54, 1.807) is 17.8 Å². The van der Waals surface area contributed by atoms with Crippen molar-refractivity contribution in [3.05, 3.63) is 239 Å².